The van der Waals surface area contributed by atoms with Gasteiger partial charge in [-0.25, -0.2) is 4.98 Å². The van der Waals surface area contributed by atoms with E-state index in [2.05, 4.69) is 58.5 Å². The molecule has 0 amide bonds. The molecule has 3 aliphatic carbocycles. The number of hydrogen-bond acceptors (Lipinski definition) is 5. The highest BCUT2D eigenvalue weighted by atomic mass is 16.5. The molecule has 2 heterocycles. The SMILES string of the molecule is C[C@]12CCC3c4ccccc4CCC3C1[C@H](CCCNc1ccc(N3CCOCC3)cn1)CC2=O. The van der Waals surface area contributed by atoms with Crippen molar-refractivity contribution in [3.63, 3.8) is 0 Å². The van der Waals surface area contributed by atoms with Gasteiger partial charge in [0.1, 0.15) is 11.6 Å². The third-order valence-corrected chi connectivity index (χ3v) is 9.66. The molecule has 1 aromatic carbocycles. The molecule has 5 heteroatoms. The Morgan fingerprint density at radius 3 is 2.83 bits per heavy atom. The predicted molar refractivity (Wildman–Crippen MR) is 140 cm³/mol. The van der Waals surface area contributed by atoms with Gasteiger partial charge >= 0.3 is 0 Å². The number of ether oxygens (including phenoxy) is 1. The van der Waals surface area contributed by atoms with Crippen LogP contribution in [0, 0.1) is 23.2 Å². The lowest BCUT2D eigenvalue weighted by Crippen LogP contribution is -2.44. The molecule has 0 spiro atoms. The van der Waals surface area contributed by atoms with Gasteiger partial charge in [-0.1, -0.05) is 31.2 Å². The van der Waals surface area contributed by atoms with Crippen LogP contribution in [0.1, 0.15) is 62.5 Å². The van der Waals surface area contributed by atoms with Crippen LogP contribution < -0.4 is 10.2 Å². The van der Waals surface area contributed by atoms with Gasteiger partial charge in [0.25, 0.3) is 0 Å². The molecule has 6 rings (SSSR count). The van der Waals surface area contributed by atoms with Crippen molar-refractivity contribution in [2.75, 3.05) is 43.1 Å². The quantitative estimate of drug-likeness (QED) is 0.565. The number of carbonyl (C=O) groups excluding carboxylic acids is 1. The van der Waals surface area contributed by atoms with Crippen LogP contribution in [-0.2, 0) is 16.0 Å². The highest BCUT2D eigenvalue weighted by molar-refractivity contribution is 5.87. The minimum atomic E-state index is -0.0948. The predicted octanol–water partition coefficient (Wildman–Crippen LogP) is 5.46. The van der Waals surface area contributed by atoms with Crippen LogP contribution in [0.2, 0.25) is 0 Å². The number of Topliss-reactive ketones (excluding diaryl/α,β-unsaturated/α-hetero) is 1. The number of aromatic nitrogens is 1. The zero-order chi connectivity index (χ0) is 23.8. The Morgan fingerprint density at radius 1 is 1.14 bits per heavy atom. The molecule has 35 heavy (non-hydrogen) atoms. The molecule has 1 N–H and O–H groups in total. The molecule has 3 unspecified atom stereocenters. The van der Waals surface area contributed by atoms with Crippen molar-refractivity contribution >= 4 is 17.3 Å². The van der Waals surface area contributed by atoms with E-state index < -0.39 is 0 Å². The highest BCUT2D eigenvalue weighted by Crippen LogP contribution is 2.62. The Morgan fingerprint density at radius 2 is 2.00 bits per heavy atom. The summed E-state index contributed by atoms with van der Waals surface area (Å²) in [5.41, 5.74) is 4.21. The summed E-state index contributed by atoms with van der Waals surface area (Å²) < 4.78 is 5.45. The third-order valence-electron chi connectivity index (χ3n) is 9.66. The van der Waals surface area contributed by atoms with Crippen LogP contribution >= 0.6 is 0 Å². The van der Waals surface area contributed by atoms with Gasteiger partial charge < -0.3 is 15.0 Å². The topological polar surface area (TPSA) is 54.5 Å². The first-order valence-electron chi connectivity index (χ1n) is 13.8. The molecule has 4 aliphatic rings. The normalized spacial score (nSPS) is 32.0. The molecule has 1 saturated heterocycles. The lowest BCUT2D eigenvalue weighted by atomic mass is 9.54. The largest absolute Gasteiger partial charge is 0.378 e. The van der Waals surface area contributed by atoms with Crippen molar-refractivity contribution < 1.29 is 9.53 Å². The zero-order valence-corrected chi connectivity index (χ0v) is 21.0. The number of nitrogens with zero attached hydrogens (tertiary/aromatic N) is 2. The fourth-order valence-corrected chi connectivity index (χ4v) is 7.93. The molecule has 5 atom stereocenters. The minimum absolute atomic E-state index is 0.0948. The maximum absolute atomic E-state index is 13.2. The molecule has 186 valence electrons. The van der Waals surface area contributed by atoms with E-state index in [1.54, 1.807) is 11.1 Å². The summed E-state index contributed by atoms with van der Waals surface area (Å²) in [6.45, 7) is 6.66. The Balaban J connectivity index is 1.07. The average molecular weight is 474 g/mol. The molecule has 0 radical (unpaired) electrons. The van der Waals surface area contributed by atoms with E-state index in [9.17, 15) is 4.79 Å². The third kappa shape index (κ3) is 4.26. The van der Waals surface area contributed by atoms with Gasteiger partial charge in [0, 0.05) is 31.5 Å². The van der Waals surface area contributed by atoms with Crippen molar-refractivity contribution in [3.05, 3.63) is 53.7 Å². The molecule has 2 aromatic rings. The van der Waals surface area contributed by atoms with Crippen molar-refractivity contribution in [3.8, 4) is 0 Å². The van der Waals surface area contributed by atoms with E-state index >= 15 is 0 Å². The second-order valence-electron chi connectivity index (χ2n) is 11.4. The maximum atomic E-state index is 13.2. The number of morpholine rings is 1. The molecule has 1 aliphatic heterocycles. The van der Waals surface area contributed by atoms with Gasteiger partial charge in [-0.2, -0.15) is 0 Å². The number of nitrogens with one attached hydrogen (secondary N) is 1. The van der Waals surface area contributed by atoms with Crippen LogP contribution in [0.25, 0.3) is 0 Å². The highest BCUT2D eigenvalue weighted by Gasteiger charge is 2.58. The average Bonchev–Trinajstić information content (AvgIpc) is 3.17. The van der Waals surface area contributed by atoms with E-state index in [1.165, 1.54) is 24.9 Å². The molecule has 2 saturated carbocycles. The first-order valence-corrected chi connectivity index (χ1v) is 13.8. The standard InChI is InChI=1S/C30H39N3O2/c1-30-13-12-25-24-7-3-2-5-21(24)8-10-26(25)29(30)22(19-27(30)34)6-4-14-31-28-11-9-23(20-32-28)33-15-17-35-18-16-33/h2-3,5,7,9,11,20,22,25-26,29H,4,6,8,10,12-19H2,1H3,(H,31,32)/t22-,25?,26?,29?,30-/m1/s1. The zero-order valence-electron chi connectivity index (χ0n) is 21.0. The van der Waals surface area contributed by atoms with Crippen LogP contribution in [0.15, 0.2) is 42.6 Å². The number of carbonyl (C=O) groups is 1. The summed E-state index contributed by atoms with van der Waals surface area (Å²) >= 11 is 0. The molecular formula is C30H39N3O2. The van der Waals surface area contributed by atoms with Crippen molar-refractivity contribution in [2.24, 2.45) is 23.2 Å². The van der Waals surface area contributed by atoms with Crippen LogP contribution in [0.4, 0.5) is 11.5 Å². The van der Waals surface area contributed by atoms with Crippen molar-refractivity contribution in [1.29, 1.82) is 0 Å². The lowest BCUT2D eigenvalue weighted by molar-refractivity contribution is -0.129. The summed E-state index contributed by atoms with van der Waals surface area (Å²) in [7, 11) is 0. The number of anilines is 2. The summed E-state index contributed by atoms with van der Waals surface area (Å²) in [6.07, 6.45) is 9.67. The van der Waals surface area contributed by atoms with E-state index in [4.69, 9.17) is 4.74 Å². The van der Waals surface area contributed by atoms with E-state index in [0.717, 1.165) is 64.3 Å². The number of benzene rings is 1. The Bertz CT molecular complexity index is 1050. The Labute approximate surface area is 209 Å². The van der Waals surface area contributed by atoms with E-state index in [-0.39, 0.29) is 5.41 Å². The monoisotopic (exact) mass is 473 g/mol. The van der Waals surface area contributed by atoms with Gasteiger partial charge in [0.05, 0.1) is 25.1 Å². The van der Waals surface area contributed by atoms with Crippen molar-refractivity contribution in [1.82, 2.24) is 4.98 Å². The van der Waals surface area contributed by atoms with Crippen LogP contribution in [0.3, 0.4) is 0 Å². The van der Waals surface area contributed by atoms with Crippen molar-refractivity contribution in [2.45, 2.75) is 57.8 Å². The first-order chi connectivity index (χ1) is 17.1. The summed E-state index contributed by atoms with van der Waals surface area (Å²) in [5.74, 6) is 3.88. The summed E-state index contributed by atoms with van der Waals surface area (Å²) in [6, 6.07) is 13.3. The Hall–Kier alpha value is -2.40. The summed E-state index contributed by atoms with van der Waals surface area (Å²) in [4.78, 5) is 20.2. The summed E-state index contributed by atoms with van der Waals surface area (Å²) in [5, 5.41) is 3.52. The van der Waals surface area contributed by atoms with Crippen LogP contribution in [0.5, 0.6) is 0 Å². The molecule has 5 nitrogen and oxygen atoms in total. The molecule has 1 aromatic heterocycles. The second-order valence-corrected chi connectivity index (χ2v) is 11.4. The van der Waals surface area contributed by atoms with E-state index in [0.29, 0.717) is 29.5 Å². The van der Waals surface area contributed by atoms with Gasteiger partial charge in [-0.15, -0.1) is 0 Å². The smallest absolute Gasteiger partial charge is 0.139 e. The number of hydrogen-bond donors (Lipinski definition) is 1. The molecule has 3 fully saturated rings. The number of ketones is 1. The molecular weight excluding hydrogens is 434 g/mol. The van der Waals surface area contributed by atoms with E-state index in [1.807, 2.05) is 6.20 Å². The van der Waals surface area contributed by atoms with Gasteiger partial charge in [-0.3, -0.25) is 4.79 Å². The Kier molecular flexibility index (Phi) is 6.30. The number of rotatable bonds is 6. The van der Waals surface area contributed by atoms with Gasteiger partial charge in [-0.05, 0) is 85.5 Å². The molecule has 0 bridgehead atoms. The van der Waals surface area contributed by atoms with Crippen LogP contribution in [-0.4, -0.2) is 43.6 Å². The first kappa shape index (κ1) is 23.0. The number of pyridine rings is 1. The van der Waals surface area contributed by atoms with Gasteiger partial charge in [0.15, 0.2) is 0 Å². The lowest BCUT2D eigenvalue weighted by Gasteiger charge is -2.50. The number of aryl methyl sites for hydroxylation is 1. The fourth-order valence-electron chi connectivity index (χ4n) is 7.93. The minimum Gasteiger partial charge on any atom is -0.378 e. The fraction of sp³-hybridized carbons (Fsp3) is 0.600. The second kappa shape index (κ2) is 9.57. The maximum Gasteiger partial charge on any atom is 0.139 e. The number of fused-ring (bicyclic) bond motifs is 5. The van der Waals surface area contributed by atoms with Gasteiger partial charge in [0.2, 0.25) is 0 Å².